The van der Waals surface area contributed by atoms with E-state index in [4.69, 9.17) is 11.6 Å². The fourth-order valence-corrected chi connectivity index (χ4v) is 3.41. The van der Waals surface area contributed by atoms with Gasteiger partial charge < -0.3 is 10.2 Å². The molecule has 1 saturated heterocycles. The average molecular weight is 381 g/mol. The first kappa shape index (κ1) is 17.9. The van der Waals surface area contributed by atoms with E-state index in [-0.39, 0.29) is 16.7 Å². The zero-order valence-corrected chi connectivity index (χ0v) is 15.1. The fraction of sp³-hybridized carbons (Fsp3) is 0.353. The summed E-state index contributed by atoms with van der Waals surface area (Å²) in [6.45, 7) is 2.01. The molecule has 5 nitrogen and oxygen atoms in total. The van der Waals surface area contributed by atoms with E-state index in [0.29, 0.717) is 10.8 Å². The number of benzene rings is 1. The molecule has 0 atom stereocenters. The van der Waals surface area contributed by atoms with Crippen LogP contribution in [0.4, 0.5) is 15.9 Å². The summed E-state index contributed by atoms with van der Waals surface area (Å²) in [5, 5.41) is 3.22. The molecule has 25 heavy (non-hydrogen) atoms. The highest BCUT2D eigenvalue weighted by molar-refractivity contribution is 7.99. The quantitative estimate of drug-likeness (QED) is 0.627. The highest BCUT2D eigenvalue weighted by atomic mass is 35.5. The summed E-state index contributed by atoms with van der Waals surface area (Å²) >= 11 is 6.97. The molecule has 132 valence electrons. The summed E-state index contributed by atoms with van der Waals surface area (Å²) in [6, 6.07) is 5.97. The van der Waals surface area contributed by atoms with E-state index in [0.717, 1.165) is 18.9 Å². The van der Waals surface area contributed by atoms with Crippen LogP contribution in [0.15, 0.2) is 35.6 Å². The van der Waals surface area contributed by atoms with Gasteiger partial charge >= 0.3 is 0 Å². The van der Waals surface area contributed by atoms with E-state index in [1.807, 2.05) is 6.07 Å². The number of nitrogens with zero attached hydrogens (tertiary/aromatic N) is 3. The molecule has 2 aromatic rings. The molecule has 1 aliphatic heterocycles. The maximum Gasteiger partial charge on any atom is 0.234 e. The molecule has 2 heterocycles. The van der Waals surface area contributed by atoms with Crippen LogP contribution in [0.25, 0.3) is 0 Å². The van der Waals surface area contributed by atoms with Crippen molar-refractivity contribution in [1.82, 2.24) is 9.97 Å². The van der Waals surface area contributed by atoms with Crippen molar-refractivity contribution in [3.63, 3.8) is 0 Å². The van der Waals surface area contributed by atoms with Crippen molar-refractivity contribution in [2.24, 2.45) is 0 Å². The molecule has 3 rings (SSSR count). The second-order valence-electron chi connectivity index (χ2n) is 5.71. The Hall–Kier alpha value is -1.86. The lowest BCUT2D eigenvalue weighted by molar-refractivity contribution is -0.113. The van der Waals surface area contributed by atoms with Crippen LogP contribution in [0, 0.1) is 5.82 Å². The molecule has 1 N–H and O–H groups in total. The van der Waals surface area contributed by atoms with Crippen LogP contribution in [0.3, 0.4) is 0 Å². The number of hydrogen-bond donors (Lipinski definition) is 1. The van der Waals surface area contributed by atoms with Gasteiger partial charge in [0.25, 0.3) is 0 Å². The Morgan fingerprint density at radius 1 is 1.28 bits per heavy atom. The van der Waals surface area contributed by atoms with Crippen LogP contribution in [-0.2, 0) is 4.79 Å². The maximum absolute atomic E-state index is 13.1. The van der Waals surface area contributed by atoms with Crippen molar-refractivity contribution in [2.45, 2.75) is 24.4 Å². The minimum atomic E-state index is -0.517. The summed E-state index contributed by atoms with van der Waals surface area (Å²) in [5.41, 5.74) is 0.458. The third-order valence-corrected chi connectivity index (χ3v) is 4.99. The lowest BCUT2D eigenvalue weighted by atomic mass is 10.1. The van der Waals surface area contributed by atoms with Gasteiger partial charge in [0.2, 0.25) is 5.91 Å². The number of carbonyl (C=O) groups is 1. The van der Waals surface area contributed by atoms with E-state index in [9.17, 15) is 9.18 Å². The lowest BCUT2D eigenvalue weighted by Crippen LogP contribution is -2.30. The van der Waals surface area contributed by atoms with E-state index >= 15 is 0 Å². The maximum atomic E-state index is 13.1. The predicted molar refractivity (Wildman–Crippen MR) is 98.9 cm³/mol. The van der Waals surface area contributed by atoms with Crippen molar-refractivity contribution < 1.29 is 9.18 Å². The Morgan fingerprint density at radius 2 is 2.08 bits per heavy atom. The fourth-order valence-electron chi connectivity index (χ4n) is 2.60. The smallest absolute Gasteiger partial charge is 0.234 e. The van der Waals surface area contributed by atoms with Crippen molar-refractivity contribution >= 4 is 40.8 Å². The number of aromatic nitrogens is 2. The summed E-state index contributed by atoms with van der Waals surface area (Å²) in [5.74, 6) is 0.331. The van der Waals surface area contributed by atoms with Gasteiger partial charge in [-0.05, 0) is 43.5 Å². The number of piperidine rings is 1. The Labute approximate surface area is 155 Å². The van der Waals surface area contributed by atoms with Crippen LogP contribution in [0.5, 0.6) is 0 Å². The zero-order valence-electron chi connectivity index (χ0n) is 13.5. The Balaban J connectivity index is 1.55. The minimum absolute atomic E-state index is 0.0250. The Morgan fingerprint density at radius 3 is 2.84 bits per heavy atom. The molecule has 8 heteroatoms. The standard InChI is InChI=1S/C17H18ClFN4OS/c18-13-10-12(4-5-14(13)19)21-16(24)11-25-17-20-7-6-15(22-17)23-8-2-1-3-9-23/h4-7,10H,1-3,8-9,11H2,(H,21,24). The first-order chi connectivity index (χ1) is 12.1. The summed E-state index contributed by atoms with van der Waals surface area (Å²) < 4.78 is 13.1. The van der Waals surface area contributed by atoms with E-state index in [2.05, 4.69) is 20.2 Å². The van der Waals surface area contributed by atoms with Gasteiger partial charge in [0, 0.05) is 25.0 Å². The molecule has 0 bridgehead atoms. The normalized spacial score (nSPS) is 14.4. The van der Waals surface area contributed by atoms with Crippen LogP contribution in [-0.4, -0.2) is 34.7 Å². The number of rotatable bonds is 5. The van der Waals surface area contributed by atoms with Crippen LogP contribution >= 0.6 is 23.4 Å². The largest absolute Gasteiger partial charge is 0.356 e. The van der Waals surface area contributed by atoms with E-state index in [1.165, 1.54) is 49.2 Å². The second-order valence-corrected chi connectivity index (χ2v) is 7.06. The summed E-state index contributed by atoms with van der Waals surface area (Å²) in [4.78, 5) is 23.0. The van der Waals surface area contributed by atoms with E-state index < -0.39 is 5.82 Å². The van der Waals surface area contributed by atoms with Crippen LogP contribution in [0.2, 0.25) is 5.02 Å². The monoisotopic (exact) mass is 380 g/mol. The molecule has 0 spiro atoms. The van der Waals surface area contributed by atoms with Gasteiger partial charge in [-0.15, -0.1) is 0 Å². The van der Waals surface area contributed by atoms with Crippen LogP contribution in [0.1, 0.15) is 19.3 Å². The van der Waals surface area contributed by atoms with Crippen molar-refractivity contribution in [3.05, 3.63) is 41.3 Å². The van der Waals surface area contributed by atoms with Gasteiger partial charge in [-0.25, -0.2) is 14.4 Å². The number of carbonyl (C=O) groups excluding carboxylic acids is 1. The van der Waals surface area contributed by atoms with Gasteiger partial charge in [-0.1, -0.05) is 23.4 Å². The average Bonchev–Trinajstić information content (AvgIpc) is 2.64. The lowest BCUT2D eigenvalue weighted by Gasteiger charge is -2.27. The molecule has 0 unspecified atom stereocenters. The number of halogens is 2. The molecule has 0 aliphatic carbocycles. The second kappa shape index (κ2) is 8.49. The van der Waals surface area contributed by atoms with Gasteiger partial charge in [-0.3, -0.25) is 4.79 Å². The number of anilines is 2. The first-order valence-electron chi connectivity index (χ1n) is 8.07. The molecule has 1 fully saturated rings. The number of amides is 1. The Bertz CT molecular complexity index is 755. The highest BCUT2D eigenvalue weighted by Gasteiger charge is 2.13. The predicted octanol–water partition coefficient (Wildman–Crippen LogP) is 3.99. The van der Waals surface area contributed by atoms with Crippen molar-refractivity contribution in [2.75, 3.05) is 29.1 Å². The summed E-state index contributed by atoms with van der Waals surface area (Å²) in [7, 11) is 0. The van der Waals surface area contributed by atoms with Crippen molar-refractivity contribution in [3.8, 4) is 0 Å². The Kier molecular flexibility index (Phi) is 6.09. The zero-order chi connectivity index (χ0) is 17.6. The molecular formula is C17H18ClFN4OS. The summed E-state index contributed by atoms with van der Waals surface area (Å²) in [6.07, 6.45) is 5.33. The van der Waals surface area contributed by atoms with Gasteiger partial charge in [0.05, 0.1) is 10.8 Å². The molecule has 0 radical (unpaired) electrons. The van der Waals surface area contributed by atoms with Crippen LogP contribution < -0.4 is 10.2 Å². The first-order valence-corrected chi connectivity index (χ1v) is 9.44. The topological polar surface area (TPSA) is 58.1 Å². The van der Waals surface area contributed by atoms with Gasteiger partial charge in [0.1, 0.15) is 11.6 Å². The number of nitrogens with one attached hydrogen (secondary N) is 1. The number of thioether (sulfide) groups is 1. The molecule has 1 amide bonds. The highest BCUT2D eigenvalue weighted by Crippen LogP contribution is 2.22. The molecule has 1 aromatic carbocycles. The minimum Gasteiger partial charge on any atom is -0.356 e. The molecule has 0 saturated carbocycles. The SMILES string of the molecule is O=C(CSc1nccc(N2CCCCC2)n1)Nc1ccc(F)c(Cl)c1. The third kappa shape index (κ3) is 5.06. The molecule has 1 aromatic heterocycles. The molecular weight excluding hydrogens is 363 g/mol. The van der Waals surface area contributed by atoms with Gasteiger partial charge in [0.15, 0.2) is 5.16 Å². The van der Waals surface area contributed by atoms with Gasteiger partial charge in [-0.2, -0.15) is 0 Å². The van der Waals surface area contributed by atoms with Crippen molar-refractivity contribution in [1.29, 1.82) is 0 Å². The molecule has 1 aliphatic rings. The third-order valence-electron chi connectivity index (χ3n) is 3.83. The number of hydrogen-bond acceptors (Lipinski definition) is 5. The van der Waals surface area contributed by atoms with E-state index in [1.54, 1.807) is 6.20 Å².